The van der Waals surface area contributed by atoms with E-state index in [0.29, 0.717) is 12.5 Å². The maximum Gasteiger partial charge on any atom is 0.0678 e. The highest BCUT2D eigenvalue weighted by Crippen LogP contribution is 2.19. The molecule has 0 bridgehead atoms. The van der Waals surface area contributed by atoms with Crippen molar-refractivity contribution in [1.82, 2.24) is 9.78 Å². The van der Waals surface area contributed by atoms with Gasteiger partial charge in [0.2, 0.25) is 0 Å². The van der Waals surface area contributed by atoms with Crippen LogP contribution in [0.2, 0.25) is 0 Å². The number of aromatic nitrogens is 2. The molecule has 2 N–H and O–H groups in total. The molecule has 18 heavy (non-hydrogen) atoms. The van der Waals surface area contributed by atoms with Gasteiger partial charge in [0, 0.05) is 6.20 Å². The smallest absolute Gasteiger partial charge is 0.0678 e. The fourth-order valence-electron chi connectivity index (χ4n) is 2.07. The topological polar surface area (TPSA) is 43.8 Å². The normalized spacial score (nSPS) is 11.2. The number of hydrogen-bond acceptors (Lipinski definition) is 2. The summed E-state index contributed by atoms with van der Waals surface area (Å²) in [7, 11) is 0. The van der Waals surface area contributed by atoms with Crippen LogP contribution in [0.5, 0.6) is 0 Å². The summed E-state index contributed by atoms with van der Waals surface area (Å²) in [4.78, 5) is 0. The Labute approximate surface area is 109 Å². The van der Waals surface area contributed by atoms with Gasteiger partial charge in [-0.2, -0.15) is 5.10 Å². The first-order chi connectivity index (χ1) is 8.61. The maximum absolute atomic E-state index is 5.68. The molecule has 0 aliphatic heterocycles. The minimum absolute atomic E-state index is 0.453. The zero-order valence-corrected chi connectivity index (χ0v) is 11.4. The first-order valence-corrected chi connectivity index (χ1v) is 6.47. The zero-order chi connectivity index (χ0) is 13.1. The molecule has 0 unspecified atom stereocenters. The van der Waals surface area contributed by atoms with Crippen molar-refractivity contribution in [3.63, 3.8) is 0 Å². The quantitative estimate of drug-likeness (QED) is 0.897. The molecule has 3 nitrogen and oxygen atoms in total. The molecule has 3 heteroatoms. The van der Waals surface area contributed by atoms with Gasteiger partial charge in [0.15, 0.2) is 0 Å². The Balaban J connectivity index is 2.42. The molecule has 0 fully saturated rings. The summed E-state index contributed by atoms with van der Waals surface area (Å²) in [6, 6.07) is 8.51. The van der Waals surface area contributed by atoms with Crippen LogP contribution in [-0.2, 0) is 6.42 Å². The molecule has 1 aromatic heterocycles. The lowest BCUT2D eigenvalue weighted by Gasteiger charge is -2.10. The minimum Gasteiger partial charge on any atom is -0.330 e. The van der Waals surface area contributed by atoms with Crippen molar-refractivity contribution in [2.75, 3.05) is 6.54 Å². The highest BCUT2D eigenvalue weighted by atomic mass is 15.3. The lowest BCUT2D eigenvalue weighted by Crippen LogP contribution is -2.08. The molecule has 2 aromatic rings. The lowest BCUT2D eigenvalue weighted by molar-refractivity contribution is 0.762. The second-order valence-corrected chi connectivity index (χ2v) is 5.01. The number of aryl methyl sites for hydroxylation is 1. The van der Waals surface area contributed by atoms with Gasteiger partial charge in [-0.05, 0) is 43.5 Å². The molecule has 0 atom stereocenters. The lowest BCUT2D eigenvalue weighted by atomic mass is 10.1. The van der Waals surface area contributed by atoms with E-state index in [2.05, 4.69) is 50.1 Å². The second kappa shape index (κ2) is 5.36. The SMILES string of the molecule is Cc1ccc(-n2ccc(C(C)C)n2)c(CCN)c1. The van der Waals surface area contributed by atoms with Crippen molar-refractivity contribution in [1.29, 1.82) is 0 Å². The van der Waals surface area contributed by atoms with Crippen molar-refractivity contribution in [3.05, 3.63) is 47.3 Å². The molecule has 0 spiro atoms. The predicted molar refractivity (Wildman–Crippen MR) is 75.1 cm³/mol. The van der Waals surface area contributed by atoms with E-state index in [1.807, 2.05) is 10.9 Å². The summed E-state index contributed by atoms with van der Waals surface area (Å²) in [5, 5.41) is 4.63. The van der Waals surface area contributed by atoms with Crippen molar-refractivity contribution >= 4 is 0 Å². The van der Waals surface area contributed by atoms with Gasteiger partial charge in [0.1, 0.15) is 0 Å². The third-order valence-corrected chi connectivity index (χ3v) is 3.10. The standard InChI is InChI=1S/C15H21N3/c1-11(2)14-7-9-18(17-14)15-5-4-12(3)10-13(15)6-8-16/h4-5,7,9-11H,6,8,16H2,1-3H3. The highest BCUT2D eigenvalue weighted by Gasteiger charge is 2.08. The second-order valence-electron chi connectivity index (χ2n) is 5.01. The molecule has 2 rings (SSSR count). The number of nitrogens with two attached hydrogens (primary N) is 1. The average Bonchev–Trinajstić information content (AvgIpc) is 2.79. The van der Waals surface area contributed by atoms with Gasteiger partial charge in [-0.3, -0.25) is 0 Å². The molecule has 1 aromatic carbocycles. The summed E-state index contributed by atoms with van der Waals surface area (Å²) in [5.41, 5.74) is 10.5. The van der Waals surface area contributed by atoms with E-state index in [4.69, 9.17) is 5.73 Å². The van der Waals surface area contributed by atoms with E-state index in [1.54, 1.807) is 0 Å². The van der Waals surface area contributed by atoms with Gasteiger partial charge in [0.05, 0.1) is 11.4 Å². The van der Waals surface area contributed by atoms with E-state index in [0.717, 1.165) is 17.8 Å². The van der Waals surface area contributed by atoms with Crippen LogP contribution in [0.1, 0.15) is 36.6 Å². The third-order valence-electron chi connectivity index (χ3n) is 3.10. The van der Waals surface area contributed by atoms with Gasteiger partial charge >= 0.3 is 0 Å². The number of benzene rings is 1. The van der Waals surface area contributed by atoms with Crippen LogP contribution in [0.15, 0.2) is 30.5 Å². The molecule has 0 amide bonds. The Kier molecular flexibility index (Phi) is 3.82. The summed E-state index contributed by atoms with van der Waals surface area (Å²) < 4.78 is 1.96. The third kappa shape index (κ3) is 2.62. The Morgan fingerprint density at radius 1 is 1.28 bits per heavy atom. The minimum atomic E-state index is 0.453. The van der Waals surface area contributed by atoms with Crippen LogP contribution in [0.25, 0.3) is 5.69 Å². The maximum atomic E-state index is 5.68. The molecular formula is C15H21N3. The average molecular weight is 243 g/mol. The molecule has 0 aliphatic carbocycles. The van der Waals surface area contributed by atoms with Crippen molar-refractivity contribution in [2.24, 2.45) is 5.73 Å². The number of hydrogen-bond donors (Lipinski definition) is 1. The van der Waals surface area contributed by atoms with E-state index in [1.165, 1.54) is 11.1 Å². The Morgan fingerprint density at radius 2 is 2.06 bits per heavy atom. The summed E-state index contributed by atoms with van der Waals surface area (Å²) in [6.45, 7) is 7.08. The molecule has 0 radical (unpaired) electrons. The summed E-state index contributed by atoms with van der Waals surface area (Å²) >= 11 is 0. The van der Waals surface area contributed by atoms with Crippen LogP contribution in [0, 0.1) is 6.92 Å². The van der Waals surface area contributed by atoms with Crippen LogP contribution in [-0.4, -0.2) is 16.3 Å². The van der Waals surface area contributed by atoms with Crippen molar-refractivity contribution < 1.29 is 0 Å². The fourth-order valence-corrected chi connectivity index (χ4v) is 2.07. The van der Waals surface area contributed by atoms with E-state index in [9.17, 15) is 0 Å². The summed E-state index contributed by atoms with van der Waals surface area (Å²) in [5.74, 6) is 0.453. The highest BCUT2D eigenvalue weighted by molar-refractivity contribution is 5.43. The molecule has 0 saturated heterocycles. The Morgan fingerprint density at radius 3 is 2.67 bits per heavy atom. The van der Waals surface area contributed by atoms with Crippen LogP contribution in [0.3, 0.4) is 0 Å². The number of nitrogens with zero attached hydrogens (tertiary/aromatic N) is 2. The van der Waals surface area contributed by atoms with Crippen LogP contribution in [0.4, 0.5) is 0 Å². The molecule has 0 aliphatic rings. The Bertz CT molecular complexity index is 526. The van der Waals surface area contributed by atoms with Crippen LogP contribution < -0.4 is 5.73 Å². The van der Waals surface area contributed by atoms with Gasteiger partial charge in [0.25, 0.3) is 0 Å². The molecule has 1 heterocycles. The van der Waals surface area contributed by atoms with Gasteiger partial charge < -0.3 is 5.73 Å². The monoisotopic (exact) mass is 243 g/mol. The molecule has 0 saturated carbocycles. The Hall–Kier alpha value is -1.61. The van der Waals surface area contributed by atoms with Crippen LogP contribution >= 0.6 is 0 Å². The van der Waals surface area contributed by atoms with Gasteiger partial charge in [-0.25, -0.2) is 4.68 Å². The zero-order valence-electron chi connectivity index (χ0n) is 11.4. The summed E-state index contributed by atoms with van der Waals surface area (Å²) in [6.07, 6.45) is 2.91. The van der Waals surface area contributed by atoms with Gasteiger partial charge in [-0.1, -0.05) is 31.5 Å². The fraction of sp³-hybridized carbons (Fsp3) is 0.400. The van der Waals surface area contributed by atoms with Gasteiger partial charge in [-0.15, -0.1) is 0 Å². The molecule has 96 valence electrons. The largest absolute Gasteiger partial charge is 0.330 e. The first kappa shape index (κ1) is 12.8. The van der Waals surface area contributed by atoms with E-state index in [-0.39, 0.29) is 0 Å². The molecular weight excluding hydrogens is 222 g/mol. The van der Waals surface area contributed by atoms with Crippen molar-refractivity contribution in [3.8, 4) is 5.69 Å². The predicted octanol–water partition coefficient (Wildman–Crippen LogP) is 2.81. The first-order valence-electron chi connectivity index (χ1n) is 6.47. The van der Waals surface area contributed by atoms with E-state index < -0.39 is 0 Å². The van der Waals surface area contributed by atoms with Crippen molar-refractivity contribution in [2.45, 2.75) is 33.1 Å². The van der Waals surface area contributed by atoms with E-state index >= 15 is 0 Å². The number of rotatable bonds is 4.